The predicted octanol–water partition coefficient (Wildman–Crippen LogP) is 2.97. The van der Waals surface area contributed by atoms with Gasteiger partial charge in [0.05, 0.1) is 18.6 Å². The van der Waals surface area contributed by atoms with E-state index in [0.717, 1.165) is 0 Å². The van der Waals surface area contributed by atoms with Gasteiger partial charge in [-0.05, 0) is 38.5 Å². The SMILES string of the molecule is CC.CC(C)(C)OC(=O)N1CCN(c2ncc(C(CO)(CO)c3ccc(F)cc3)cn2)CC1. The van der Waals surface area contributed by atoms with Crippen LogP contribution in [-0.2, 0) is 10.2 Å². The van der Waals surface area contributed by atoms with Gasteiger partial charge in [-0.3, -0.25) is 0 Å². The lowest BCUT2D eigenvalue weighted by molar-refractivity contribution is 0.0240. The Morgan fingerprint density at radius 2 is 1.48 bits per heavy atom. The second-order valence-corrected chi connectivity index (χ2v) is 8.63. The summed E-state index contributed by atoms with van der Waals surface area (Å²) >= 11 is 0. The zero-order chi connectivity index (χ0) is 24.6. The molecule has 0 unspecified atom stereocenters. The predicted molar refractivity (Wildman–Crippen MR) is 125 cm³/mol. The molecule has 8 nitrogen and oxygen atoms in total. The molecule has 0 atom stereocenters. The van der Waals surface area contributed by atoms with Gasteiger partial charge in [-0.2, -0.15) is 0 Å². The van der Waals surface area contributed by atoms with Crippen molar-refractivity contribution in [3.63, 3.8) is 0 Å². The minimum Gasteiger partial charge on any atom is -0.444 e. The van der Waals surface area contributed by atoms with Crippen molar-refractivity contribution in [1.82, 2.24) is 14.9 Å². The summed E-state index contributed by atoms with van der Waals surface area (Å²) < 4.78 is 18.7. The van der Waals surface area contributed by atoms with Gasteiger partial charge in [-0.15, -0.1) is 0 Å². The Balaban J connectivity index is 0.00000187. The summed E-state index contributed by atoms with van der Waals surface area (Å²) in [6, 6.07) is 5.64. The number of carbonyl (C=O) groups is 1. The molecule has 2 N–H and O–H groups in total. The first kappa shape index (κ1) is 26.5. The van der Waals surface area contributed by atoms with E-state index in [9.17, 15) is 19.4 Å². The molecule has 33 heavy (non-hydrogen) atoms. The van der Waals surface area contributed by atoms with Crippen LogP contribution in [0, 0.1) is 5.82 Å². The van der Waals surface area contributed by atoms with Gasteiger partial charge in [0.2, 0.25) is 5.95 Å². The third kappa shape index (κ3) is 6.39. The van der Waals surface area contributed by atoms with Gasteiger partial charge < -0.3 is 24.7 Å². The topological polar surface area (TPSA) is 99.0 Å². The molecule has 9 heteroatoms. The van der Waals surface area contributed by atoms with Crippen molar-refractivity contribution in [3.8, 4) is 0 Å². The monoisotopic (exact) mass is 462 g/mol. The molecule has 1 aliphatic heterocycles. The van der Waals surface area contributed by atoms with Crippen LogP contribution in [0.3, 0.4) is 0 Å². The van der Waals surface area contributed by atoms with Crippen LogP contribution in [0.5, 0.6) is 0 Å². The van der Waals surface area contributed by atoms with E-state index in [4.69, 9.17) is 4.74 Å². The Hall–Kier alpha value is -2.78. The second-order valence-electron chi connectivity index (χ2n) is 8.63. The number of aliphatic hydroxyl groups is 2. The first-order valence-electron chi connectivity index (χ1n) is 11.2. The number of nitrogens with zero attached hydrogens (tertiary/aromatic N) is 4. The summed E-state index contributed by atoms with van der Waals surface area (Å²) in [7, 11) is 0. The standard InChI is InChI=1S/C22H29FN4O4.C2H6/c1-21(2,3)31-20(30)27-10-8-26(9-11-27)19-24-12-17(13-25-19)22(14-28,15-29)16-4-6-18(23)7-5-16;1-2/h4-7,12-13,28-29H,8-11,14-15H2,1-3H3;1-2H3. The molecule has 2 heterocycles. The van der Waals surface area contributed by atoms with Crippen molar-refractivity contribution in [1.29, 1.82) is 0 Å². The number of anilines is 1. The quantitative estimate of drug-likeness (QED) is 0.705. The molecule has 0 radical (unpaired) electrons. The largest absolute Gasteiger partial charge is 0.444 e. The summed E-state index contributed by atoms with van der Waals surface area (Å²) in [5.74, 6) is 0.0992. The summed E-state index contributed by atoms with van der Waals surface area (Å²) in [4.78, 5) is 24.7. The number of piperazine rings is 1. The summed E-state index contributed by atoms with van der Waals surface area (Å²) in [5, 5.41) is 20.1. The van der Waals surface area contributed by atoms with Crippen LogP contribution >= 0.6 is 0 Å². The molecule has 1 fully saturated rings. The first-order valence-corrected chi connectivity index (χ1v) is 11.2. The maximum Gasteiger partial charge on any atom is 0.410 e. The van der Waals surface area contributed by atoms with Gasteiger partial charge in [0.1, 0.15) is 11.4 Å². The van der Waals surface area contributed by atoms with E-state index in [1.165, 1.54) is 24.3 Å². The van der Waals surface area contributed by atoms with Crippen molar-refractivity contribution in [2.75, 3.05) is 44.3 Å². The highest BCUT2D eigenvalue weighted by Gasteiger charge is 2.34. The van der Waals surface area contributed by atoms with E-state index < -0.39 is 16.8 Å². The fourth-order valence-corrected chi connectivity index (χ4v) is 3.50. The average Bonchev–Trinajstić information content (AvgIpc) is 2.82. The van der Waals surface area contributed by atoms with Gasteiger partial charge in [0.15, 0.2) is 0 Å². The molecule has 1 amide bonds. The van der Waals surface area contributed by atoms with Gasteiger partial charge in [-0.1, -0.05) is 26.0 Å². The van der Waals surface area contributed by atoms with Crippen molar-refractivity contribution >= 4 is 12.0 Å². The number of ether oxygens (including phenoxy) is 1. The van der Waals surface area contributed by atoms with Crippen molar-refractivity contribution < 1.29 is 24.1 Å². The lowest BCUT2D eigenvalue weighted by atomic mass is 9.77. The Kier molecular flexibility index (Phi) is 9.13. The van der Waals surface area contributed by atoms with E-state index in [1.54, 1.807) is 17.3 Å². The maximum absolute atomic E-state index is 13.3. The lowest BCUT2D eigenvalue weighted by Gasteiger charge is -2.36. The van der Waals surface area contributed by atoms with Crippen LogP contribution in [-0.4, -0.2) is 76.2 Å². The van der Waals surface area contributed by atoms with Crippen LogP contribution in [0.2, 0.25) is 0 Å². The van der Waals surface area contributed by atoms with Crippen molar-refractivity contribution in [3.05, 3.63) is 53.6 Å². The van der Waals surface area contributed by atoms with Gasteiger partial charge in [0, 0.05) is 44.1 Å². The summed E-state index contributed by atoms with van der Waals surface area (Å²) in [6.45, 7) is 10.8. The summed E-state index contributed by atoms with van der Waals surface area (Å²) in [6.07, 6.45) is 2.80. The number of aromatic nitrogens is 2. The Morgan fingerprint density at radius 1 is 0.970 bits per heavy atom. The molecular weight excluding hydrogens is 427 g/mol. The van der Waals surface area contributed by atoms with E-state index >= 15 is 0 Å². The summed E-state index contributed by atoms with van der Waals surface area (Å²) in [5.41, 5.74) is -0.577. The number of carbonyl (C=O) groups excluding carboxylic acids is 1. The van der Waals surface area contributed by atoms with Crippen LogP contribution in [0.4, 0.5) is 15.1 Å². The number of hydrogen-bond acceptors (Lipinski definition) is 7. The Labute approximate surface area is 195 Å². The molecule has 1 aliphatic rings. The van der Waals surface area contributed by atoms with Crippen LogP contribution in [0.15, 0.2) is 36.7 Å². The Bertz CT molecular complexity index is 873. The van der Waals surface area contributed by atoms with E-state index in [0.29, 0.717) is 43.3 Å². The van der Waals surface area contributed by atoms with Crippen molar-refractivity contribution in [2.24, 2.45) is 0 Å². The second kappa shape index (κ2) is 11.4. The van der Waals surface area contributed by atoms with E-state index in [1.807, 2.05) is 39.5 Å². The van der Waals surface area contributed by atoms with E-state index in [2.05, 4.69) is 9.97 Å². The normalized spacial score (nSPS) is 14.4. The molecule has 1 saturated heterocycles. The number of halogens is 1. The third-order valence-electron chi connectivity index (χ3n) is 5.34. The molecule has 2 aromatic rings. The van der Waals surface area contributed by atoms with Gasteiger partial charge in [0.25, 0.3) is 0 Å². The molecular formula is C24H35FN4O4. The zero-order valence-corrected chi connectivity index (χ0v) is 20.1. The number of rotatable bonds is 5. The minimum absolute atomic E-state index is 0.335. The van der Waals surface area contributed by atoms with Crippen molar-refractivity contribution in [2.45, 2.75) is 45.6 Å². The molecule has 3 rings (SSSR count). The fraction of sp³-hybridized carbons (Fsp3) is 0.542. The van der Waals surface area contributed by atoms with Crippen LogP contribution in [0.1, 0.15) is 45.7 Å². The first-order chi connectivity index (χ1) is 15.7. The lowest BCUT2D eigenvalue weighted by Crippen LogP contribution is -2.50. The molecule has 0 saturated carbocycles. The van der Waals surface area contributed by atoms with Crippen LogP contribution < -0.4 is 4.90 Å². The van der Waals surface area contributed by atoms with Gasteiger partial charge >= 0.3 is 6.09 Å². The minimum atomic E-state index is -1.14. The number of hydrogen-bond donors (Lipinski definition) is 2. The van der Waals surface area contributed by atoms with Gasteiger partial charge in [-0.25, -0.2) is 19.2 Å². The molecule has 1 aromatic carbocycles. The smallest absolute Gasteiger partial charge is 0.410 e. The molecule has 0 bridgehead atoms. The molecule has 182 valence electrons. The zero-order valence-electron chi connectivity index (χ0n) is 20.1. The fourth-order valence-electron chi connectivity index (χ4n) is 3.50. The molecule has 1 aromatic heterocycles. The molecule has 0 spiro atoms. The molecule has 0 aliphatic carbocycles. The Morgan fingerprint density at radius 3 is 1.94 bits per heavy atom. The van der Waals surface area contributed by atoms with Crippen LogP contribution in [0.25, 0.3) is 0 Å². The average molecular weight is 463 g/mol. The highest BCUT2D eigenvalue weighted by atomic mass is 19.1. The highest BCUT2D eigenvalue weighted by molar-refractivity contribution is 5.68. The maximum atomic E-state index is 13.3. The number of aliphatic hydroxyl groups excluding tert-OH is 2. The number of benzene rings is 1. The third-order valence-corrected chi connectivity index (χ3v) is 5.34. The van der Waals surface area contributed by atoms with E-state index in [-0.39, 0.29) is 19.3 Å². The highest BCUT2D eigenvalue weighted by Crippen LogP contribution is 2.31. The number of amides is 1.